The van der Waals surface area contributed by atoms with Crippen LogP contribution in [0.1, 0.15) is 5.56 Å². The Morgan fingerprint density at radius 3 is 2.50 bits per heavy atom. The molecule has 1 aromatic carbocycles. The third-order valence-corrected chi connectivity index (χ3v) is 3.24. The van der Waals surface area contributed by atoms with E-state index in [0.717, 1.165) is 0 Å². The number of halogens is 2. The van der Waals surface area contributed by atoms with Gasteiger partial charge in [-0.15, -0.1) is 0 Å². The van der Waals surface area contributed by atoms with Crippen molar-refractivity contribution < 1.29 is 14.6 Å². The van der Waals surface area contributed by atoms with Crippen molar-refractivity contribution >= 4 is 15.9 Å². The molecule has 1 saturated heterocycles. The van der Waals surface area contributed by atoms with Crippen LogP contribution in [-0.4, -0.2) is 40.4 Å². The summed E-state index contributed by atoms with van der Waals surface area (Å²) < 4.78 is 14.2. The predicted molar refractivity (Wildman–Crippen MR) is 61.4 cm³/mol. The monoisotopic (exact) mass is 289 g/mol. The summed E-state index contributed by atoms with van der Waals surface area (Å²) in [5, 5.41) is 18.7. The van der Waals surface area contributed by atoms with E-state index in [1.807, 2.05) is 4.90 Å². The standard InChI is InChI=1S/C11H13BrFNO2/c12-8-2-1-7(9(13)3-8)4-14-5-10(15)11(16)6-14/h1-3,10-11,15-16H,4-6H2/t10-,11+. The van der Waals surface area contributed by atoms with Gasteiger partial charge in [-0.2, -0.15) is 0 Å². The van der Waals surface area contributed by atoms with Gasteiger partial charge in [-0.05, 0) is 12.1 Å². The van der Waals surface area contributed by atoms with Crippen molar-refractivity contribution in [1.29, 1.82) is 0 Å². The zero-order valence-corrected chi connectivity index (χ0v) is 10.2. The number of aliphatic hydroxyl groups excluding tert-OH is 2. The molecule has 1 heterocycles. The Labute approximate surface area is 102 Å². The Morgan fingerprint density at radius 2 is 1.94 bits per heavy atom. The second kappa shape index (κ2) is 4.79. The Bertz CT molecular complexity index is 378. The summed E-state index contributed by atoms with van der Waals surface area (Å²) in [4.78, 5) is 1.83. The second-order valence-corrected chi connectivity index (χ2v) is 4.98. The molecule has 0 saturated carbocycles. The van der Waals surface area contributed by atoms with Gasteiger partial charge in [-0.25, -0.2) is 4.39 Å². The highest BCUT2D eigenvalue weighted by molar-refractivity contribution is 9.10. The van der Waals surface area contributed by atoms with Crippen LogP contribution in [0.3, 0.4) is 0 Å². The Balaban J connectivity index is 2.05. The first-order valence-corrected chi connectivity index (χ1v) is 5.88. The van der Waals surface area contributed by atoms with Crippen molar-refractivity contribution in [1.82, 2.24) is 4.90 Å². The van der Waals surface area contributed by atoms with Gasteiger partial charge in [-0.1, -0.05) is 22.0 Å². The summed E-state index contributed by atoms with van der Waals surface area (Å²) in [6, 6.07) is 4.90. The van der Waals surface area contributed by atoms with Gasteiger partial charge in [0, 0.05) is 29.7 Å². The van der Waals surface area contributed by atoms with Crippen molar-refractivity contribution in [2.24, 2.45) is 0 Å². The minimum atomic E-state index is -0.724. The lowest BCUT2D eigenvalue weighted by Gasteiger charge is -2.15. The second-order valence-electron chi connectivity index (χ2n) is 4.06. The first kappa shape index (κ1) is 12.0. The van der Waals surface area contributed by atoms with E-state index in [1.54, 1.807) is 12.1 Å². The quantitative estimate of drug-likeness (QED) is 0.858. The molecule has 0 aliphatic carbocycles. The van der Waals surface area contributed by atoms with Gasteiger partial charge < -0.3 is 10.2 Å². The minimum absolute atomic E-state index is 0.273. The van der Waals surface area contributed by atoms with Crippen molar-refractivity contribution in [3.05, 3.63) is 34.1 Å². The molecule has 0 radical (unpaired) electrons. The highest BCUT2D eigenvalue weighted by Crippen LogP contribution is 2.19. The van der Waals surface area contributed by atoms with Crippen LogP contribution < -0.4 is 0 Å². The number of hydrogen-bond donors (Lipinski definition) is 2. The first-order chi connectivity index (χ1) is 7.56. The van der Waals surface area contributed by atoms with E-state index < -0.39 is 12.2 Å². The van der Waals surface area contributed by atoms with Gasteiger partial charge in [0.25, 0.3) is 0 Å². The molecule has 5 heteroatoms. The van der Waals surface area contributed by atoms with Crippen LogP contribution in [0.4, 0.5) is 4.39 Å². The van der Waals surface area contributed by atoms with Gasteiger partial charge >= 0.3 is 0 Å². The molecule has 1 aliphatic rings. The van der Waals surface area contributed by atoms with Crippen molar-refractivity contribution in [3.63, 3.8) is 0 Å². The number of β-amino-alcohol motifs (C(OH)–C–C–N with tert-alkyl or cyclic N) is 2. The summed E-state index contributed by atoms with van der Waals surface area (Å²) in [5.41, 5.74) is 0.574. The van der Waals surface area contributed by atoms with E-state index in [2.05, 4.69) is 15.9 Å². The maximum Gasteiger partial charge on any atom is 0.128 e. The van der Waals surface area contributed by atoms with Crippen molar-refractivity contribution in [2.75, 3.05) is 13.1 Å². The van der Waals surface area contributed by atoms with Crippen LogP contribution in [0.2, 0.25) is 0 Å². The highest BCUT2D eigenvalue weighted by Gasteiger charge is 2.29. The smallest absolute Gasteiger partial charge is 0.128 e. The normalized spacial score (nSPS) is 26.2. The Hall–Kier alpha value is -0.490. The largest absolute Gasteiger partial charge is 0.389 e. The van der Waals surface area contributed by atoms with E-state index in [1.165, 1.54) is 6.07 Å². The van der Waals surface area contributed by atoms with Crippen LogP contribution >= 0.6 is 15.9 Å². The number of likely N-dealkylation sites (tertiary alicyclic amines) is 1. The van der Waals surface area contributed by atoms with Gasteiger partial charge in [0.2, 0.25) is 0 Å². The lowest BCUT2D eigenvalue weighted by Crippen LogP contribution is -2.22. The molecule has 0 unspecified atom stereocenters. The van der Waals surface area contributed by atoms with E-state index >= 15 is 0 Å². The molecule has 3 nitrogen and oxygen atoms in total. The van der Waals surface area contributed by atoms with Crippen LogP contribution in [0.5, 0.6) is 0 Å². The van der Waals surface area contributed by atoms with Gasteiger partial charge in [0.1, 0.15) is 5.82 Å². The average Bonchev–Trinajstić information content (AvgIpc) is 2.51. The van der Waals surface area contributed by atoms with Gasteiger partial charge in [0.15, 0.2) is 0 Å². The minimum Gasteiger partial charge on any atom is -0.389 e. The fraction of sp³-hybridized carbons (Fsp3) is 0.455. The maximum atomic E-state index is 13.5. The maximum absolute atomic E-state index is 13.5. The Morgan fingerprint density at radius 1 is 1.31 bits per heavy atom. The molecule has 2 rings (SSSR count). The SMILES string of the molecule is O[C@@H]1CN(Cc2ccc(Br)cc2F)C[C@@H]1O. The fourth-order valence-electron chi connectivity index (χ4n) is 1.87. The van der Waals surface area contributed by atoms with Crippen LogP contribution in [0, 0.1) is 5.82 Å². The van der Waals surface area contributed by atoms with Crippen molar-refractivity contribution in [2.45, 2.75) is 18.8 Å². The summed E-state index contributed by atoms with van der Waals surface area (Å²) in [7, 11) is 0. The number of benzene rings is 1. The number of rotatable bonds is 2. The molecule has 1 aliphatic heterocycles. The lowest BCUT2D eigenvalue weighted by molar-refractivity contribution is 0.0572. The highest BCUT2D eigenvalue weighted by atomic mass is 79.9. The molecule has 2 atom stereocenters. The molecule has 0 bridgehead atoms. The van der Waals surface area contributed by atoms with E-state index in [4.69, 9.17) is 0 Å². The molecule has 0 spiro atoms. The van der Waals surface area contributed by atoms with Gasteiger partial charge in [-0.3, -0.25) is 4.90 Å². The molecule has 0 aromatic heterocycles. The third-order valence-electron chi connectivity index (χ3n) is 2.74. The summed E-state index contributed by atoms with van der Waals surface area (Å²) in [6.45, 7) is 1.18. The summed E-state index contributed by atoms with van der Waals surface area (Å²) in [6.07, 6.45) is -1.45. The van der Waals surface area contributed by atoms with E-state index in [9.17, 15) is 14.6 Å². The predicted octanol–water partition coefficient (Wildman–Crippen LogP) is 1.13. The molecule has 1 fully saturated rings. The number of nitrogens with zero attached hydrogens (tertiary/aromatic N) is 1. The van der Waals surface area contributed by atoms with E-state index in [0.29, 0.717) is 29.7 Å². The number of hydrogen-bond acceptors (Lipinski definition) is 3. The molecule has 16 heavy (non-hydrogen) atoms. The third kappa shape index (κ3) is 2.60. The fourth-order valence-corrected chi connectivity index (χ4v) is 2.20. The molecule has 2 N–H and O–H groups in total. The van der Waals surface area contributed by atoms with Crippen molar-refractivity contribution in [3.8, 4) is 0 Å². The summed E-state index contributed by atoms with van der Waals surface area (Å²) in [5.74, 6) is -0.273. The van der Waals surface area contributed by atoms with Crippen LogP contribution in [0.25, 0.3) is 0 Å². The molecule has 1 aromatic rings. The molecule has 88 valence electrons. The molecule has 0 amide bonds. The lowest BCUT2D eigenvalue weighted by atomic mass is 10.2. The zero-order valence-electron chi connectivity index (χ0n) is 8.61. The molecular weight excluding hydrogens is 277 g/mol. The molecular formula is C11H13BrFNO2. The summed E-state index contributed by atoms with van der Waals surface area (Å²) >= 11 is 3.19. The van der Waals surface area contributed by atoms with Crippen LogP contribution in [0.15, 0.2) is 22.7 Å². The topological polar surface area (TPSA) is 43.7 Å². The number of aliphatic hydroxyl groups is 2. The van der Waals surface area contributed by atoms with E-state index in [-0.39, 0.29) is 5.82 Å². The van der Waals surface area contributed by atoms with Gasteiger partial charge in [0.05, 0.1) is 12.2 Å². The first-order valence-electron chi connectivity index (χ1n) is 5.08. The average molecular weight is 290 g/mol. The Kier molecular flexibility index (Phi) is 3.59. The zero-order chi connectivity index (χ0) is 11.7. The van der Waals surface area contributed by atoms with Crippen LogP contribution in [-0.2, 0) is 6.54 Å².